The molecule has 0 radical (unpaired) electrons. The molecule has 12 heteroatoms. The highest BCUT2D eigenvalue weighted by Gasteiger charge is 2.35. The van der Waals surface area contributed by atoms with Crippen LogP contribution in [0, 0.1) is 0 Å². The first kappa shape index (κ1) is 25.9. The van der Waals surface area contributed by atoms with Crippen LogP contribution in [0.1, 0.15) is 31.1 Å². The van der Waals surface area contributed by atoms with Gasteiger partial charge in [-0.05, 0) is 31.5 Å². The molecule has 4 heterocycles. The van der Waals surface area contributed by atoms with Gasteiger partial charge in [-0.25, -0.2) is 24.9 Å². The normalized spacial score (nSPS) is 11.7. The molecule has 1 aromatic carbocycles. The average molecular weight is 536 g/mol. The van der Waals surface area contributed by atoms with Crippen molar-refractivity contribution in [2.75, 3.05) is 12.4 Å². The fourth-order valence-electron chi connectivity index (χ4n) is 3.99. The van der Waals surface area contributed by atoms with Gasteiger partial charge < -0.3 is 19.0 Å². The number of furan rings is 1. The number of ether oxygens (including phenoxy) is 1. The smallest absolute Gasteiger partial charge is 0.434 e. The predicted octanol–water partition coefficient (Wildman–Crippen LogP) is 6.28. The van der Waals surface area contributed by atoms with Crippen LogP contribution < -0.4 is 10.1 Å². The highest BCUT2D eigenvalue weighted by atomic mass is 19.4. The molecule has 4 aromatic heterocycles. The molecule has 5 aromatic rings. The van der Waals surface area contributed by atoms with Crippen LogP contribution >= 0.6 is 0 Å². The van der Waals surface area contributed by atoms with E-state index < -0.39 is 11.9 Å². The third-order valence-corrected chi connectivity index (χ3v) is 5.94. The Morgan fingerprint density at radius 3 is 2.49 bits per heavy atom. The van der Waals surface area contributed by atoms with Crippen molar-refractivity contribution in [2.45, 2.75) is 32.6 Å². The zero-order valence-corrected chi connectivity index (χ0v) is 21.3. The molecule has 9 nitrogen and oxygen atoms in total. The van der Waals surface area contributed by atoms with Gasteiger partial charge >= 0.3 is 6.18 Å². The first-order valence-corrected chi connectivity index (χ1v) is 12.0. The minimum absolute atomic E-state index is 0.189. The molecule has 200 valence electrons. The first-order chi connectivity index (χ1) is 18.7. The van der Waals surface area contributed by atoms with Crippen LogP contribution in [-0.4, -0.2) is 36.6 Å². The maximum Gasteiger partial charge on any atom is 0.434 e. The van der Waals surface area contributed by atoms with Crippen molar-refractivity contribution in [1.29, 1.82) is 0 Å². The number of hydrogen-bond donors (Lipinski definition) is 1. The van der Waals surface area contributed by atoms with Gasteiger partial charge in [-0.3, -0.25) is 0 Å². The Kier molecular flexibility index (Phi) is 7.01. The summed E-state index contributed by atoms with van der Waals surface area (Å²) < 4.78 is 52.3. The van der Waals surface area contributed by atoms with Gasteiger partial charge in [0.2, 0.25) is 5.88 Å². The van der Waals surface area contributed by atoms with E-state index in [9.17, 15) is 13.2 Å². The van der Waals surface area contributed by atoms with E-state index >= 15 is 0 Å². The molecule has 5 rings (SSSR count). The second kappa shape index (κ2) is 10.6. The predicted molar refractivity (Wildman–Crippen MR) is 138 cm³/mol. The van der Waals surface area contributed by atoms with Gasteiger partial charge in [0, 0.05) is 36.7 Å². The molecule has 0 saturated heterocycles. The number of methoxy groups -OCH3 is 1. The number of benzene rings is 1. The summed E-state index contributed by atoms with van der Waals surface area (Å²) in [5, 5.41) is 3.32. The number of alkyl halides is 3. The molecule has 39 heavy (non-hydrogen) atoms. The minimum Gasteiger partial charge on any atom is -0.480 e. The Morgan fingerprint density at radius 1 is 1.03 bits per heavy atom. The van der Waals surface area contributed by atoms with Gasteiger partial charge in [-0.1, -0.05) is 24.3 Å². The summed E-state index contributed by atoms with van der Waals surface area (Å²) >= 11 is 0. The summed E-state index contributed by atoms with van der Waals surface area (Å²) in [5.41, 5.74) is 1.72. The van der Waals surface area contributed by atoms with E-state index in [0.717, 1.165) is 11.8 Å². The maximum absolute atomic E-state index is 13.3. The van der Waals surface area contributed by atoms with Crippen LogP contribution in [0.4, 0.5) is 19.0 Å². The summed E-state index contributed by atoms with van der Waals surface area (Å²) in [4.78, 5) is 21.2. The van der Waals surface area contributed by atoms with E-state index in [4.69, 9.17) is 9.15 Å². The van der Waals surface area contributed by atoms with Crippen molar-refractivity contribution < 1.29 is 22.3 Å². The van der Waals surface area contributed by atoms with Crippen molar-refractivity contribution in [1.82, 2.24) is 29.5 Å². The molecular weight excluding hydrogens is 511 g/mol. The molecule has 0 aliphatic heterocycles. The number of anilines is 1. The highest BCUT2D eigenvalue weighted by Crippen LogP contribution is 2.33. The molecule has 0 aliphatic rings. The number of nitrogens with one attached hydrogen (secondary N) is 1. The number of rotatable bonds is 8. The molecule has 0 unspecified atom stereocenters. The Bertz CT molecular complexity index is 1560. The monoisotopic (exact) mass is 535 g/mol. The lowest BCUT2D eigenvalue weighted by molar-refractivity contribution is -0.140. The first-order valence-electron chi connectivity index (χ1n) is 12.0. The molecule has 0 aliphatic carbocycles. The second-order valence-electron chi connectivity index (χ2n) is 8.88. The Labute approximate surface area is 221 Å². The van der Waals surface area contributed by atoms with Crippen LogP contribution in [0.5, 0.6) is 5.88 Å². The number of nitrogens with zero attached hydrogens (tertiary/aromatic N) is 6. The zero-order valence-electron chi connectivity index (χ0n) is 21.3. The van der Waals surface area contributed by atoms with E-state index in [0.29, 0.717) is 46.5 Å². The maximum atomic E-state index is 13.3. The summed E-state index contributed by atoms with van der Waals surface area (Å²) in [6.45, 7) is 4.00. The summed E-state index contributed by atoms with van der Waals surface area (Å²) in [5.74, 6) is 2.05. The molecule has 0 fully saturated rings. The Balaban J connectivity index is 1.42. The van der Waals surface area contributed by atoms with Crippen LogP contribution in [0.2, 0.25) is 0 Å². The fourth-order valence-corrected chi connectivity index (χ4v) is 3.99. The molecule has 0 saturated carbocycles. The van der Waals surface area contributed by atoms with Gasteiger partial charge in [0.15, 0.2) is 11.5 Å². The van der Waals surface area contributed by atoms with Crippen LogP contribution in [0.25, 0.3) is 34.1 Å². The average Bonchev–Trinajstić information content (AvgIpc) is 3.63. The quantitative estimate of drug-likeness (QED) is 0.248. The minimum atomic E-state index is -4.52. The number of imidazole rings is 1. The second-order valence-corrected chi connectivity index (χ2v) is 8.88. The van der Waals surface area contributed by atoms with Crippen molar-refractivity contribution in [3.63, 3.8) is 0 Å². The highest BCUT2D eigenvalue weighted by molar-refractivity contribution is 5.73. The number of halogens is 3. The van der Waals surface area contributed by atoms with Crippen LogP contribution in [0.15, 0.2) is 72.0 Å². The van der Waals surface area contributed by atoms with Crippen molar-refractivity contribution in [3.8, 4) is 40.0 Å². The van der Waals surface area contributed by atoms with E-state index in [2.05, 4.69) is 30.2 Å². The molecule has 0 atom stereocenters. The fraction of sp³-hybridized carbons (Fsp3) is 0.222. The number of aromatic nitrogens is 6. The molecule has 0 bridgehead atoms. The van der Waals surface area contributed by atoms with Gasteiger partial charge in [-0.2, -0.15) is 13.2 Å². The van der Waals surface area contributed by atoms with E-state index in [-0.39, 0.29) is 11.9 Å². The van der Waals surface area contributed by atoms with E-state index in [1.54, 1.807) is 42.9 Å². The van der Waals surface area contributed by atoms with Gasteiger partial charge in [-0.15, -0.1) is 0 Å². The van der Waals surface area contributed by atoms with E-state index in [1.165, 1.54) is 18.0 Å². The summed E-state index contributed by atoms with van der Waals surface area (Å²) in [7, 11) is 1.50. The SMILES string of the molecule is COc1ncncc1-c1ncc(-c2ccco2)c(NCc2ccc(-c3nc(C(F)(F)F)cn3C(C)C)cc2)n1. The number of hydrogen-bond acceptors (Lipinski definition) is 8. The topological polar surface area (TPSA) is 104 Å². The summed E-state index contributed by atoms with van der Waals surface area (Å²) in [6, 6.07) is 10.6. The lowest BCUT2D eigenvalue weighted by Gasteiger charge is -2.13. The third-order valence-electron chi connectivity index (χ3n) is 5.94. The van der Waals surface area contributed by atoms with Gasteiger partial charge in [0.1, 0.15) is 23.7 Å². The van der Waals surface area contributed by atoms with Crippen molar-refractivity contribution in [2.24, 2.45) is 0 Å². The van der Waals surface area contributed by atoms with E-state index in [1.807, 2.05) is 26.0 Å². The lowest BCUT2D eigenvalue weighted by Crippen LogP contribution is -2.06. The molecular formula is C27H24F3N7O2. The Hall–Kier alpha value is -4.74. The van der Waals surface area contributed by atoms with Gasteiger partial charge in [0.25, 0.3) is 0 Å². The van der Waals surface area contributed by atoms with Crippen LogP contribution in [-0.2, 0) is 12.7 Å². The lowest BCUT2D eigenvalue weighted by atomic mass is 10.1. The molecule has 1 N–H and O–H groups in total. The Morgan fingerprint density at radius 2 is 1.82 bits per heavy atom. The van der Waals surface area contributed by atoms with Gasteiger partial charge in [0.05, 0.1) is 24.5 Å². The molecule has 0 spiro atoms. The largest absolute Gasteiger partial charge is 0.480 e. The third kappa shape index (κ3) is 5.44. The standard InChI is InChI=1S/C27H24F3N7O2/c1-16(2)37-14-22(27(28,29)30)35-25(37)18-8-6-17(7-9-18)11-32-23-19(21-5-4-10-39-21)13-33-24(36-23)20-12-31-15-34-26(20)38-3/h4-10,12-16H,11H2,1-3H3,(H,32,33,36). The van der Waals surface area contributed by atoms with Crippen LogP contribution in [0.3, 0.4) is 0 Å². The molecule has 0 amide bonds. The van der Waals surface area contributed by atoms with Crippen molar-refractivity contribution in [3.05, 3.63) is 78.8 Å². The zero-order chi connectivity index (χ0) is 27.6. The summed E-state index contributed by atoms with van der Waals surface area (Å²) in [6.07, 6.45) is 2.68. The van der Waals surface area contributed by atoms with Crippen molar-refractivity contribution >= 4 is 5.82 Å².